The van der Waals surface area contributed by atoms with Crippen molar-refractivity contribution in [1.82, 2.24) is 10.6 Å². The van der Waals surface area contributed by atoms with E-state index in [1.807, 2.05) is 0 Å². The van der Waals surface area contributed by atoms with Gasteiger partial charge in [-0.25, -0.2) is 0 Å². The van der Waals surface area contributed by atoms with Crippen LogP contribution in [-0.2, 0) is 9.59 Å². The Morgan fingerprint density at radius 2 is 1.88 bits per heavy atom. The van der Waals surface area contributed by atoms with Crippen LogP contribution in [0.5, 0.6) is 0 Å². The highest BCUT2D eigenvalue weighted by Crippen LogP contribution is 2.18. The van der Waals surface area contributed by atoms with E-state index in [4.69, 9.17) is 0 Å². The van der Waals surface area contributed by atoms with E-state index in [1.54, 1.807) is 5.32 Å². The van der Waals surface area contributed by atoms with Gasteiger partial charge in [-0.1, -0.05) is 0 Å². The SMILES string of the molecule is O=C(CCCNC(=O)C(F)(F)F)NC1CC1. The third-order valence-corrected chi connectivity index (χ3v) is 2.07. The molecule has 7 heteroatoms. The maximum Gasteiger partial charge on any atom is 0.471 e. The molecule has 0 bridgehead atoms. The van der Waals surface area contributed by atoms with E-state index >= 15 is 0 Å². The first-order valence-corrected chi connectivity index (χ1v) is 5.04. The van der Waals surface area contributed by atoms with Crippen molar-refractivity contribution in [2.45, 2.75) is 37.9 Å². The average Bonchev–Trinajstić information content (AvgIpc) is 2.94. The molecule has 0 saturated heterocycles. The van der Waals surface area contributed by atoms with E-state index in [-0.39, 0.29) is 31.3 Å². The highest BCUT2D eigenvalue weighted by Gasteiger charge is 2.38. The number of rotatable bonds is 5. The predicted molar refractivity (Wildman–Crippen MR) is 49.5 cm³/mol. The fourth-order valence-electron chi connectivity index (χ4n) is 1.08. The minimum absolute atomic E-state index is 0.134. The molecule has 1 aliphatic carbocycles. The van der Waals surface area contributed by atoms with Crippen LogP contribution in [-0.4, -0.2) is 30.6 Å². The summed E-state index contributed by atoms with van der Waals surface area (Å²) in [6, 6.07) is 0.247. The third kappa shape index (κ3) is 4.99. The maximum absolute atomic E-state index is 11.7. The van der Waals surface area contributed by atoms with E-state index in [0.29, 0.717) is 0 Å². The molecule has 2 N–H and O–H groups in total. The normalized spacial score (nSPS) is 15.7. The molecular formula is C9H13F3N2O2. The highest BCUT2D eigenvalue weighted by atomic mass is 19.4. The van der Waals surface area contributed by atoms with Gasteiger partial charge in [0.1, 0.15) is 0 Å². The van der Waals surface area contributed by atoms with E-state index < -0.39 is 12.1 Å². The lowest BCUT2D eigenvalue weighted by molar-refractivity contribution is -0.173. The van der Waals surface area contributed by atoms with Crippen LogP contribution in [0.3, 0.4) is 0 Å². The van der Waals surface area contributed by atoms with E-state index in [2.05, 4.69) is 5.32 Å². The molecular weight excluding hydrogens is 225 g/mol. The summed E-state index contributed by atoms with van der Waals surface area (Å²) < 4.78 is 35.2. The molecule has 4 nitrogen and oxygen atoms in total. The van der Waals surface area contributed by atoms with Gasteiger partial charge < -0.3 is 10.6 Å². The molecule has 1 rings (SSSR count). The van der Waals surface area contributed by atoms with Gasteiger partial charge in [0.05, 0.1) is 0 Å². The van der Waals surface area contributed by atoms with Crippen LogP contribution in [0.25, 0.3) is 0 Å². The summed E-state index contributed by atoms with van der Waals surface area (Å²) in [5, 5.41) is 4.40. The van der Waals surface area contributed by atoms with Crippen molar-refractivity contribution in [1.29, 1.82) is 0 Å². The Labute approximate surface area is 90.6 Å². The molecule has 0 unspecified atom stereocenters. The topological polar surface area (TPSA) is 58.2 Å². The van der Waals surface area contributed by atoms with E-state index in [9.17, 15) is 22.8 Å². The lowest BCUT2D eigenvalue weighted by Gasteiger charge is -2.07. The highest BCUT2D eigenvalue weighted by molar-refractivity contribution is 5.81. The minimum atomic E-state index is -4.85. The summed E-state index contributed by atoms with van der Waals surface area (Å²) in [6.45, 7) is -0.142. The van der Waals surface area contributed by atoms with Crippen molar-refractivity contribution >= 4 is 11.8 Å². The van der Waals surface area contributed by atoms with Crippen molar-refractivity contribution in [3.05, 3.63) is 0 Å². The summed E-state index contributed by atoms with van der Waals surface area (Å²) in [5.74, 6) is -2.14. The van der Waals surface area contributed by atoms with Crippen molar-refractivity contribution in [3.63, 3.8) is 0 Å². The quantitative estimate of drug-likeness (QED) is 0.693. The summed E-state index contributed by atoms with van der Waals surface area (Å²) >= 11 is 0. The van der Waals surface area contributed by atoms with Crippen LogP contribution in [0, 0.1) is 0 Å². The molecule has 2 amide bonds. The smallest absolute Gasteiger partial charge is 0.353 e. The largest absolute Gasteiger partial charge is 0.471 e. The minimum Gasteiger partial charge on any atom is -0.353 e. The van der Waals surface area contributed by atoms with Crippen molar-refractivity contribution in [3.8, 4) is 0 Å². The van der Waals surface area contributed by atoms with Crippen LogP contribution in [0.15, 0.2) is 0 Å². The third-order valence-electron chi connectivity index (χ3n) is 2.07. The fraction of sp³-hybridized carbons (Fsp3) is 0.778. The molecule has 1 saturated carbocycles. The monoisotopic (exact) mass is 238 g/mol. The number of alkyl halides is 3. The second-order valence-electron chi connectivity index (χ2n) is 3.70. The van der Waals surface area contributed by atoms with Gasteiger partial charge in [0.25, 0.3) is 0 Å². The maximum atomic E-state index is 11.7. The van der Waals surface area contributed by atoms with E-state index in [0.717, 1.165) is 12.8 Å². The molecule has 92 valence electrons. The Balaban J connectivity index is 2.02. The van der Waals surface area contributed by atoms with Gasteiger partial charge in [-0.3, -0.25) is 9.59 Å². The Kier molecular flexibility index (Phi) is 4.14. The first-order valence-electron chi connectivity index (χ1n) is 5.04. The number of hydrogen-bond acceptors (Lipinski definition) is 2. The van der Waals surface area contributed by atoms with Gasteiger partial charge in [-0.15, -0.1) is 0 Å². The molecule has 0 aromatic heterocycles. The van der Waals surface area contributed by atoms with Gasteiger partial charge >= 0.3 is 12.1 Å². The van der Waals surface area contributed by atoms with Crippen LogP contribution >= 0.6 is 0 Å². The number of nitrogens with one attached hydrogen (secondary N) is 2. The van der Waals surface area contributed by atoms with Gasteiger partial charge in [0, 0.05) is 19.0 Å². The van der Waals surface area contributed by atoms with Gasteiger partial charge in [-0.05, 0) is 19.3 Å². The Morgan fingerprint density at radius 1 is 1.25 bits per heavy atom. The zero-order valence-corrected chi connectivity index (χ0v) is 8.56. The van der Waals surface area contributed by atoms with Gasteiger partial charge in [0.2, 0.25) is 5.91 Å². The molecule has 0 aliphatic heterocycles. The van der Waals surface area contributed by atoms with Crippen LogP contribution < -0.4 is 10.6 Å². The summed E-state index contributed by atoms with van der Waals surface area (Å²) in [5.41, 5.74) is 0. The Morgan fingerprint density at radius 3 is 2.38 bits per heavy atom. The number of hydrogen-bond donors (Lipinski definition) is 2. The summed E-state index contributed by atoms with van der Waals surface area (Å²) in [6.07, 6.45) is -2.57. The number of carbonyl (C=O) groups is 2. The molecule has 1 fully saturated rings. The average molecular weight is 238 g/mol. The van der Waals surface area contributed by atoms with Crippen LogP contribution in [0.4, 0.5) is 13.2 Å². The molecule has 0 aromatic rings. The zero-order valence-electron chi connectivity index (χ0n) is 8.56. The van der Waals surface area contributed by atoms with Crippen molar-refractivity contribution in [2.24, 2.45) is 0 Å². The molecule has 0 atom stereocenters. The molecule has 0 radical (unpaired) electrons. The fourth-order valence-corrected chi connectivity index (χ4v) is 1.08. The number of amides is 2. The number of halogens is 3. The lowest BCUT2D eigenvalue weighted by Crippen LogP contribution is -2.37. The van der Waals surface area contributed by atoms with Crippen molar-refractivity contribution < 1.29 is 22.8 Å². The molecule has 1 aliphatic rings. The van der Waals surface area contributed by atoms with Crippen LogP contribution in [0.2, 0.25) is 0 Å². The standard InChI is InChI=1S/C9H13F3N2O2/c10-9(11,12)8(16)13-5-1-2-7(15)14-6-3-4-6/h6H,1-5H2,(H,13,16)(H,14,15). The molecule has 0 aromatic carbocycles. The molecule has 0 spiro atoms. The first kappa shape index (κ1) is 12.8. The molecule has 16 heavy (non-hydrogen) atoms. The molecule has 0 heterocycles. The summed E-state index contributed by atoms with van der Waals surface area (Å²) in [7, 11) is 0. The second kappa shape index (κ2) is 5.18. The van der Waals surface area contributed by atoms with Crippen LogP contribution in [0.1, 0.15) is 25.7 Å². The van der Waals surface area contributed by atoms with Gasteiger partial charge in [0.15, 0.2) is 0 Å². The summed E-state index contributed by atoms with van der Waals surface area (Å²) in [4.78, 5) is 21.4. The van der Waals surface area contributed by atoms with Gasteiger partial charge in [-0.2, -0.15) is 13.2 Å². The first-order chi connectivity index (χ1) is 7.39. The zero-order chi connectivity index (χ0) is 12.2. The predicted octanol–water partition coefficient (Wildman–Crippen LogP) is 0.724. The Bertz CT molecular complexity index is 274. The number of carbonyl (C=O) groups excluding carboxylic acids is 2. The van der Waals surface area contributed by atoms with E-state index in [1.165, 1.54) is 0 Å². The Hall–Kier alpha value is -1.27. The lowest BCUT2D eigenvalue weighted by atomic mass is 10.3. The van der Waals surface area contributed by atoms with Crippen molar-refractivity contribution in [2.75, 3.05) is 6.54 Å². The second-order valence-corrected chi connectivity index (χ2v) is 3.70.